The van der Waals surface area contributed by atoms with Crippen LogP contribution >= 0.6 is 0 Å². The van der Waals surface area contributed by atoms with E-state index in [-0.39, 0.29) is 36.5 Å². The van der Waals surface area contributed by atoms with Crippen molar-refractivity contribution in [3.63, 3.8) is 0 Å². The summed E-state index contributed by atoms with van der Waals surface area (Å²) < 4.78 is 64.3. The van der Waals surface area contributed by atoms with Crippen molar-refractivity contribution in [1.82, 2.24) is 15.2 Å². The number of ether oxygens (including phenoxy) is 2. The molecule has 2 heterocycles. The molecule has 2 N–H and O–H groups in total. The van der Waals surface area contributed by atoms with Gasteiger partial charge >= 0.3 is 12.3 Å². The van der Waals surface area contributed by atoms with Crippen molar-refractivity contribution in [2.45, 2.75) is 51.4 Å². The lowest BCUT2D eigenvalue weighted by Gasteiger charge is -2.20. The van der Waals surface area contributed by atoms with Crippen LogP contribution in [0.1, 0.15) is 42.4 Å². The Labute approximate surface area is 198 Å². The lowest BCUT2D eigenvalue weighted by atomic mass is 10.2. The van der Waals surface area contributed by atoms with Crippen LogP contribution < -0.4 is 10.1 Å². The highest BCUT2D eigenvalue weighted by molar-refractivity contribution is 5.94. The van der Waals surface area contributed by atoms with Crippen molar-refractivity contribution in [1.29, 1.82) is 0 Å². The monoisotopic (exact) mass is 499 g/mol. The fourth-order valence-electron chi connectivity index (χ4n) is 3.26. The molecule has 1 aromatic carbocycles. The molecular formula is C23H25F4N3O5. The highest BCUT2D eigenvalue weighted by atomic mass is 19.4. The number of hydrogen-bond acceptors (Lipinski definition) is 6. The van der Waals surface area contributed by atoms with Crippen LogP contribution in [-0.4, -0.2) is 58.0 Å². The van der Waals surface area contributed by atoms with Gasteiger partial charge in [-0.3, -0.25) is 4.79 Å². The van der Waals surface area contributed by atoms with Gasteiger partial charge in [0, 0.05) is 24.7 Å². The first-order chi connectivity index (χ1) is 16.2. The number of rotatable bonds is 5. The number of aromatic nitrogens is 1. The zero-order chi connectivity index (χ0) is 26.0. The van der Waals surface area contributed by atoms with E-state index in [9.17, 15) is 32.3 Å². The molecular weight excluding hydrogens is 474 g/mol. The molecule has 0 spiro atoms. The van der Waals surface area contributed by atoms with Crippen LogP contribution in [0.2, 0.25) is 0 Å². The molecule has 1 saturated heterocycles. The van der Waals surface area contributed by atoms with Gasteiger partial charge in [0.25, 0.3) is 5.91 Å². The van der Waals surface area contributed by atoms with Crippen molar-refractivity contribution in [3.05, 3.63) is 53.2 Å². The van der Waals surface area contributed by atoms with E-state index in [0.717, 1.165) is 11.0 Å². The highest BCUT2D eigenvalue weighted by Gasteiger charge is 2.35. The van der Waals surface area contributed by atoms with Crippen LogP contribution in [-0.2, 0) is 17.5 Å². The van der Waals surface area contributed by atoms with E-state index in [0.29, 0.717) is 0 Å². The van der Waals surface area contributed by atoms with Crippen molar-refractivity contribution < 1.29 is 41.7 Å². The number of alkyl halides is 4. The number of hydrogen-bond donors (Lipinski definition) is 2. The first-order valence-electron chi connectivity index (χ1n) is 10.7. The Morgan fingerprint density at radius 2 is 1.89 bits per heavy atom. The van der Waals surface area contributed by atoms with E-state index in [1.54, 1.807) is 20.8 Å². The number of carbonyl (C=O) groups excluding carboxylic acids is 2. The summed E-state index contributed by atoms with van der Waals surface area (Å²) in [7, 11) is 0. The maximum absolute atomic E-state index is 13.6. The molecule has 2 atom stereocenters. The second-order valence-corrected chi connectivity index (χ2v) is 8.98. The van der Waals surface area contributed by atoms with Crippen LogP contribution in [0, 0.1) is 0 Å². The number of benzene rings is 1. The normalized spacial score (nSPS) is 18.3. The number of nitrogens with zero attached hydrogens (tertiary/aromatic N) is 2. The number of aliphatic hydroxyl groups excluding tert-OH is 1. The first kappa shape index (κ1) is 26.2. The Kier molecular flexibility index (Phi) is 7.53. The van der Waals surface area contributed by atoms with E-state index in [2.05, 4.69) is 10.3 Å². The Bertz CT molecular complexity index is 1080. The molecule has 1 aromatic heterocycles. The van der Waals surface area contributed by atoms with Crippen LogP contribution in [0.25, 0.3) is 0 Å². The van der Waals surface area contributed by atoms with Crippen LogP contribution in [0.15, 0.2) is 36.4 Å². The van der Waals surface area contributed by atoms with Gasteiger partial charge in [0.05, 0.1) is 6.54 Å². The molecule has 8 nitrogen and oxygen atoms in total. The molecule has 1 aliphatic rings. The van der Waals surface area contributed by atoms with E-state index in [4.69, 9.17) is 9.47 Å². The average molecular weight is 499 g/mol. The van der Waals surface area contributed by atoms with Crippen molar-refractivity contribution in [2.75, 3.05) is 13.1 Å². The second-order valence-electron chi connectivity index (χ2n) is 8.98. The van der Waals surface area contributed by atoms with Gasteiger partial charge in [-0.05, 0) is 50.6 Å². The number of β-amino-alcohol motifs (C(OH)–C–C–N with tert-alkyl or cyclic N) is 1. The Balaban J connectivity index is 1.79. The summed E-state index contributed by atoms with van der Waals surface area (Å²) in [5.41, 5.74) is -1.86. The molecule has 3 rings (SSSR count). The van der Waals surface area contributed by atoms with Crippen molar-refractivity contribution in [3.8, 4) is 11.6 Å². The molecule has 0 saturated carbocycles. The molecule has 12 heteroatoms. The second kappa shape index (κ2) is 10.1. The maximum atomic E-state index is 13.6. The minimum atomic E-state index is -4.78. The van der Waals surface area contributed by atoms with Gasteiger partial charge < -0.3 is 24.8 Å². The van der Waals surface area contributed by atoms with E-state index >= 15 is 0 Å². The topological polar surface area (TPSA) is 101 Å². The Morgan fingerprint density at radius 1 is 1.17 bits per heavy atom. The minimum absolute atomic E-state index is 0.0188. The summed E-state index contributed by atoms with van der Waals surface area (Å²) in [6.07, 6.45) is -8.42. The molecule has 0 bridgehead atoms. The number of likely N-dealkylation sites (tertiary alicyclic amines) is 1. The summed E-state index contributed by atoms with van der Waals surface area (Å²) in [6, 6.07) is 7.56. The molecule has 0 unspecified atom stereocenters. The van der Waals surface area contributed by atoms with Crippen LogP contribution in [0.4, 0.5) is 22.4 Å². The molecule has 190 valence electrons. The van der Waals surface area contributed by atoms with Gasteiger partial charge in [-0.2, -0.15) is 13.2 Å². The standard InChI is InChI=1S/C23H25F4N3O5/c1-22(2,3)35-21(33)28-10-13-7-18(23(25,26)27)29-19(8-13)34-15-6-4-5-14(9-15)20(32)30-11-16(24)17(31)12-30/h4-9,16-17,31H,10-12H2,1-3H3,(H,28,33)/t16-,17-/m1/s1. The number of aliphatic hydroxyl groups is 1. The summed E-state index contributed by atoms with van der Waals surface area (Å²) in [6.45, 7) is 4.22. The summed E-state index contributed by atoms with van der Waals surface area (Å²) in [5, 5.41) is 11.9. The van der Waals surface area contributed by atoms with Gasteiger partial charge in [0.1, 0.15) is 29.3 Å². The third-order valence-corrected chi connectivity index (χ3v) is 4.80. The quantitative estimate of drug-likeness (QED) is 0.602. The number of alkyl carbamates (subject to hydrolysis) is 1. The Hall–Kier alpha value is -3.41. The van der Waals surface area contributed by atoms with E-state index in [1.165, 1.54) is 30.3 Å². The van der Waals surface area contributed by atoms with Crippen LogP contribution in [0.5, 0.6) is 11.6 Å². The zero-order valence-electron chi connectivity index (χ0n) is 19.2. The number of pyridine rings is 1. The third-order valence-electron chi connectivity index (χ3n) is 4.80. The lowest BCUT2D eigenvalue weighted by molar-refractivity contribution is -0.141. The van der Waals surface area contributed by atoms with Gasteiger partial charge in [-0.25, -0.2) is 14.2 Å². The van der Waals surface area contributed by atoms with Crippen LogP contribution in [0.3, 0.4) is 0 Å². The van der Waals surface area contributed by atoms with Gasteiger partial charge in [0.15, 0.2) is 0 Å². The zero-order valence-corrected chi connectivity index (χ0v) is 19.2. The third kappa shape index (κ3) is 7.28. The minimum Gasteiger partial charge on any atom is -0.444 e. The number of amides is 2. The molecule has 0 aliphatic carbocycles. The van der Waals surface area contributed by atoms with Crippen molar-refractivity contribution in [2.24, 2.45) is 0 Å². The molecule has 2 amide bonds. The van der Waals surface area contributed by atoms with E-state index < -0.39 is 47.6 Å². The van der Waals surface area contributed by atoms with Gasteiger partial charge in [-0.15, -0.1) is 0 Å². The smallest absolute Gasteiger partial charge is 0.433 e. The Morgan fingerprint density at radius 3 is 2.49 bits per heavy atom. The molecule has 2 aromatic rings. The highest BCUT2D eigenvalue weighted by Crippen LogP contribution is 2.31. The average Bonchev–Trinajstić information content (AvgIpc) is 3.08. The fourth-order valence-corrected chi connectivity index (χ4v) is 3.26. The van der Waals surface area contributed by atoms with Crippen molar-refractivity contribution >= 4 is 12.0 Å². The van der Waals surface area contributed by atoms with Gasteiger partial charge in [-0.1, -0.05) is 6.07 Å². The van der Waals surface area contributed by atoms with E-state index in [1.807, 2.05) is 0 Å². The maximum Gasteiger partial charge on any atom is 0.433 e. The predicted molar refractivity (Wildman–Crippen MR) is 116 cm³/mol. The molecule has 1 fully saturated rings. The number of halogens is 4. The number of carbonyl (C=O) groups is 2. The van der Waals surface area contributed by atoms with Gasteiger partial charge in [0.2, 0.25) is 5.88 Å². The SMILES string of the molecule is CC(C)(C)OC(=O)NCc1cc(Oc2cccc(C(=O)N3C[C@@H](O)[C@H](F)C3)c2)nc(C(F)(F)F)c1. The lowest BCUT2D eigenvalue weighted by Crippen LogP contribution is -2.32. The molecule has 35 heavy (non-hydrogen) atoms. The fraction of sp³-hybridized carbons (Fsp3) is 0.435. The molecule has 1 aliphatic heterocycles. The summed E-state index contributed by atoms with van der Waals surface area (Å²) in [5.74, 6) is -0.954. The molecule has 0 radical (unpaired) electrons. The number of nitrogens with one attached hydrogen (secondary N) is 1. The summed E-state index contributed by atoms with van der Waals surface area (Å²) in [4.78, 5) is 29.1. The first-order valence-corrected chi connectivity index (χ1v) is 10.7. The summed E-state index contributed by atoms with van der Waals surface area (Å²) >= 11 is 0. The largest absolute Gasteiger partial charge is 0.444 e. The predicted octanol–water partition coefficient (Wildman–Crippen LogP) is 4.07.